The lowest BCUT2D eigenvalue weighted by atomic mass is 9.92. The van der Waals surface area contributed by atoms with Crippen molar-refractivity contribution in [3.05, 3.63) is 75.5 Å². The minimum Gasteiger partial charge on any atom is -0.297 e. The summed E-state index contributed by atoms with van der Waals surface area (Å²) in [5.41, 5.74) is 3.89. The summed E-state index contributed by atoms with van der Waals surface area (Å²) < 4.78 is 0. The lowest BCUT2D eigenvalue weighted by Crippen LogP contribution is -2.14. The van der Waals surface area contributed by atoms with Crippen LogP contribution in [0.2, 0.25) is 10.0 Å². The molecule has 0 aliphatic rings. The fraction of sp³-hybridized carbons (Fsp3) is 0.150. The van der Waals surface area contributed by atoms with E-state index in [1.807, 2.05) is 19.1 Å². The first-order chi connectivity index (χ1) is 12.5. The van der Waals surface area contributed by atoms with E-state index in [1.165, 1.54) is 0 Å². The average Bonchev–Trinajstić information content (AvgIpc) is 2.98. The number of H-pyrrole nitrogens is 1. The Kier molecular flexibility index (Phi) is 5.41. The number of hydrogen-bond donors (Lipinski definition) is 1. The molecule has 1 unspecified atom stereocenters. The molecule has 6 heteroatoms. The van der Waals surface area contributed by atoms with Crippen LogP contribution < -0.4 is 0 Å². The Balaban J connectivity index is 1.89. The molecule has 2 aromatic carbocycles. The van der Waals surface area contributed by atoms with Crippen molar-refractivity contribution in [1.29, 1.82) is 5.26 Å². The lowest BCUT2D eigenvalue weighted by Gasteiger charge is -2.10. The monoisotopic (exact) mass is 383 g/mol. The Morgan fingerprint density at radius 1 is 1.12 bits per heavy atom. The molecule has 0 radical (unpaired) electrons. The summed E-state index contributed by atoms with van der Waals surface area (Å²) >= 11 is 11.8. The number of carbonyl (C=O) groups excluding carboxylic acids is 1. The van der Waals surface area contributed by atoms with Crippen molar-refractivity contribution in [2.24, 2.45) is 0 Å². The number of benzene rings is 2. The average molecular weight is 384 g/mol. The third-order valence-corrected chi connectivity index (χ3v) is 4.66. The summed E-state index contributed by atoms with van der Waals surface area (Å²) in [5, 5.41) is 17.8. The third-order valence-electron chi connectivity index (χ3n) is 4.16. The van der Waals surface area contributed by atoms with Crippen LogP contribution in [0.25, 0.3) is 11.1 Å². The fourth-order valence-electron chi connectivity index (χ4n) is 2.87. The molecule has 0 aliphatic carbocycles. The zero-order chi connectivity index (χ0) is 18.7. The summed E-state index contributed by atoms with van der Waals surface area (Å²) in [5.74, 6) is -1.05. The molecule has 0 bridgehead atoms. The maximum atomic E-state index is 12.8. The molecule has 1 heterocycles. The molecule has 0 amide bonds. The topological polar surface area (TPSA) is 69.5 Å². The number of nitrogens with zero attached hydrogens (tertiary/aromatic N) is 2. The summed E-state index contributed by atoms with van der Waals surface area (Å²) in [4.78, 5) is 12.8. The van der Waals surface area contributed by atoms with Crippen LogP contribution in [-0.2, 0) is 11.2 Å². The molecular weight excluding hydrogens is 369 g/mol. The van der Waals surface area contributed by atoms with Gasteiger partial charge in [0, 0.05) is 15.6 Å². The third kappa shape index (κ3) is 3.80. The molecule has 1 aromatic heterocycles. The number of nitrogens with one attached hydrogen (secondary N) is 1. The van der Waals surface area contributed by atoms with Gasteiger partial charge < -0.3 is 0 Å². The molecule has 0 spiro atoms. The predicted octanol–water partition coefficient (Wildman–Crippen LogP) is 5.11. The number of carbonyl (C=O) groups is 1. The van der Waals surface area contributed by atoms with Crippen LogP contribution >= 0.6 is 23.2 Å². The van der Waals surface area contributed by atoms with Gasteiger partial charge in [0.2, 0.25) is 0 Å². The second-order valence-electron chi connectivity index (χ2n) is 5.93. The highest BCUT2D eigenvalue weighted by Gasteiger charge is 2.23. The highest BCUT2D eigenvalue weighted by molar-refractivity contribution is 6.30. The minimum atomic E-state index is -0.853. The van der Waals surface area contributed by atoms with Gasteiger partial charge in [-0.3, -0.25) is 9.89 Å². The van der Waals surface area contributed by atoms with E-state index in [1.54, 1.807) is 36.4 Å². The van der Waals surface area contributed by atoms with E-state index in [0.717, 1.165) is 16.8 Å². The predicted molar refractivity (Wildman–Crippen MR) is 102 cm³/mol. The summed E-state index contributed by atoms with van der Waals surface area (Å²) in [6, 6.07) is 16.2. The number of Topliss-reactive ketones (excluding diaryl/α,β-unsaturated/α-hetero) is 1. The summed E-state index contributed by atoms with van der Waals surface area (Å²) in [6.45, 7) is 1.87. The van der Waals surface area contributed by atoms with Crippen LogP contribution in [0.5, 0.6) is 0 Å². The zero-order valence-electron chi connectivity index (χ0n) is 14.0. The van der Waals surface area contributed by atoms with Gasteiger partial charge in [-0.25, -0.2) is 0 Å². The van der Waals surface area contributed by atoms with Crippen LogP contribution in [0.1, 0.15) is 22.9 Å². The first-order valence-corrected chi connectivity index (χ1v) is 8.72. The van der Waals surface area contributed by atoms with Crippen LogP contribution in [0.3, 0.4) is 0 Å². The van der Waals surface area contributed by atoms with E-state index >= 15 is 0 Å². The lowest BCUT2D eigenvalue weighted by molar-refractivity contribution is -0.118. The van der Waals surface area contributed by atoms with Gasteiger partial charge in [0.25, 0.3) is 0 Å². The van der Waals surface area contributed by atoms with Gasteiger partial charge in [0.1, 0.15) is 5.92 Å². The molecule has 3 aromatic rings. The van der Waals surface area contributed by atoms with Gasteiger partial charge in [-0.15, -0.1) is 0 Å². The number of aromatic amines is 1. The first-order valence-electron chi connectivity index (χ1n) is 7.97. The van der Waals surface area contributed by atoms with Gasteiger partial charge in [0.05, 0.1) is 23.9 Å². The maximum absolute atomic E-state index is 12.8. The molecule has 0 saturated carbocycles. The van der Waals surface area contributed by atoms with Gasteiger partial charge in [-0.2, -0.15) is 10.4 Å². The van der Waals surface area contributed by atoms with Gasteiger partial charge >= 0.3 is 0 Å². The number of nitriles is 1. The Hall–Kier alpha value is -2.61. The SMILES string of the molecule is Cc1n[nH]c(CC(=O)C(C#N)c2ccc(Cl)cc2)c1-c1ccc(Cl)cc1. The van der Waals surface area contributed by atoms with E-state index in [-0.39, 0.29) is 12.2 Å². The number of aryl methyl sites for hydroxylation is 1. The Morgan fingerprint density at radius 3 is 2.27 bits per heavy atom. The number of hydrogen-bond acceptors (Lipinski definition) is 3. The molecule has 0 saturated heterocycles. The number of ketones is 1. The molecule has 4 nitrogen and oxygen atoms in total. The maximum Gasteiger partial charge on any atom is 0.160 e. The van der Waals surface area contributed by atoms with E-state index in [4.69, 9.17) is 23.2 Å². The van der Waals surface area contributed by atoms with Crippen molar-refractivity contribution in [2.45, 2.75) is 19.3 Å². The van der Waals surface area contributed by atoms with Gasteiger partial charge in [-0.05, 0) is 42.3 Å². The standard InChI is InChI=1S/C20H15Cl2N3O/c1-12-20(14-4-8-16(22)9-5-14)18(25-24-12)10-19(26)17(11-23)13-2-6-15(21)7-3-13/h2-9,17H,10H2,1H3,(H,24,25). The van der Waals surface area contributed by atoms with E-state index in [0.29, 0.717) is 21.3 Å². The molecule has 130 valence electrons. The Morgan fingerprint density at radius 2 is 1.69 bits per heavy atom. The number of aromatic nitrogens is 2. The first kappa shape index (κ1) is 18.2. The Bertz CT molecular complexity index is 970. The van der Waals surface area contributed by atoms with Crippen LogP contribution in [0.15, 0.2) is 48.5 Å². The van der Waals surface area contributed by atoms with Gasteiger partial charge in [0.15, 0.2) is 5.78 Å². The summed E-state index contributed by atoms with van der Waals surface area (Å²) in [6.07, 6.45) is 0.0830. The van der Waals surface area contributed by atoms with Crippen molar-refractivity contribution in [2.75, 3.05) is 0 Å². The quantitative estimate of drug-likeness (QED) is 0.665. The number of halogens is 2. The second-order valence-corrected chi connectivity index (χ2v) is 6.80. The molecule has 0 fully saturated rings. The van der Waals surface area contributed by atoms with Crippen molar-refractivity contribution in [3.8, 4) is 17.2 Å². The van der Waals surface area contributed by atoms with Crippen molar-refractivity contribution >= 4 is 29.0 Å². The molecule has 1 N–H and O–H groups in total. The highest BCUT2D eigenvalue weighted by atomic mass is 35.5. The van der Waals surface area contributed by atoms with Crippen molar-refractivity contribution in [1.82, 2.24) is 10.2 Å². The molecule has 1 atom stereocenters. The normalized spacial score (nSPS) is 11.8. The molecule has 0 aliphatic heterocycles. The minimum absolute atomic E-state index is 0.0830. The van der Waals surface area contributed by atoms with E-state index in [9.17, 15) is 10.1 Å². The van der Waals surface area contributed by atoms with Gasteiger partial charge in [-0.1, -0.05) is 47.5 Å². The summed E-state index contributed by atoms with van der Waals surface area (Å²) in [7, 11) is 0. The fourth-order valence-corrected chi connectivity index (χ4v) is 3.13. The largest absolute Gasteiger partial charge is 0.297 e. The number of rotatable bonds is 5. The zero-order valence-corrected chi connectivity index (χ0v) is 15.5. The Labute approximate surface area is 161 Å². The van der Waals surface area contributed by atoms with Crippen LogP contribution in [-0.4, -0.2) is 16.0 Å². The molecule has 26 heavy (non-hydrogen) atoms. The molecular formula is C20H15Cl2N3O. The van der Waals surface area contributed by atoms with Crippen molar-refractivity contribution < 1.29 is 4.79 Å². The molecule has 3 rings (SSSR count). The van der Waals surface area contributed by atoms with Crippen LogP contribution in [0, 0.1) is 18.3 Å². The highest BCUT2D eigenvalue weighted by Crippen LogP contribution is 2.29. The van der Waals surface area contributed by atoms with E-state index in [2.05, 4.69) is 16.3 Å². The smallest absolute Gasteiger partial charge is 0.160 e. The van der Waals surface area contributed by atoms with Crippen LogP contribution in [0.4, 0.5) is 0 Å². The second kappa shape index (κ2) is 7.74. The van der Waals surface area contributed by atoms with Crippen molar-refractivity contribution in [3.63, 3.8) is 0 Å². The van der Waals surface area contributed by atoms with E-state index < -0.39 is 5.92 Å².